The number of aromatic nitrogens is 4. The van der Waals surface area contributed by atoms with Crippen molar-refractivity contribution in [2.75, 3.05) is 0 Å². The summed E-state index contributed by atoms with van der Waals surface area (Å²) in [6.07, 6.45) is 1.98. The van der Waals surface area contributed by atoms with Gasteiger partial charge in [-0.2, -0.15) is 11.3 Å². The first-order valence-electron chi connectivity index (χ1n) is 19.9. The van der Waals surface area contributed by atoms with Gasteiger partial charge in [-0.25, -0.2) is 4.98 Å². The van der Waals surface area contributed by atoms with Gasteiger partial charge in [0.25, 0.3) is 0 Å². The zero-order chi connectivity index (χ0) is 40.5. The molecule has 0 unspecified atom stereocenters. The molecule has 58 heavy (non-hydrogen) atoms. The van der Waals surface area contributed by atoms with Crippen LogP contribution in [0.1, 0.15) is 43.5 Å². The monoisotopic (exact) mass is 970 g/mol. The summed E-state index contributed by atoms with van der Waals surface area (Å²) in [5, 5.41) is 5.92. The molecule has 0 aliphatic heterocycles. The van der Waals surface area contributed by atoms with Crippen LogP contribution >= 0.6 is 11.3 Å². The van der Waals surface area contributed by atoms with Crippen LogP contribution in [0.2, 0.25) is 19.6 Å². The van der Waals surface area contributed by atoms with Crippen molar-refractivity contribution in [2.45, 2.75) is 60.2 Å². The molecule has 0 atom stereocenters. The maximum absolute atomic E-state index is 8.44. The maximum atomic E-state index is 8.44. The molecule has 10 aromatic rings. The summed E-state index contributed by atoms with van der Waals surface area (Å²) in [5.74, 6) is 0.268. The van der Waals surface area contributed by atoms with E-state index in [-0.39, 0.29) is 20.1 Å². The zero-order valence-corrected chi connectivity index (χ0v) is 38.1. The summed E-state index contributed by atoms with van der Waals surface area (Å²) in [6, 6.07) is 43.9. The van der Waals surface area contributed by atoms with Gasteiger partial charge in [0.05, 0.1) is 24.9 Å². The third kappa shape index (κ3) is 6.92. The molecular weight excluding hydrogens is 925 g/mol. The quantitative estimate of drug-likeness (QED) is 0.127. The van der Waals surface area contributed by atoms with Gasteiger partial charge in [-0.3, -0.25) is 4.98 Å². The van der Waals surface area contributed by atoms with Gasteiger partial charge in [0, 0.05) is 55.4 Å². The van der Waals surface area contributed by atoms with E-state index in [0.717, 1.165) is 87.7 Å². The first-order chi connectivity index (χ1) is 27.8. The smallest absolute Gasteiger partial charge is 0.140 e. The minimum atomic E-state index is -1.50. The Balaban J connectivity index is 0.000000197. The van der Waals surface area contributed by atoms with Crippen molar-refractivity contribution in [3.63, 3.8) is 0 Å². The minimum Gasteiger partial charge on any atom is -0.456 e. The van der Waals surface area contributed by atoms with Gasteiger partial charge in [0.2, 0.25) is 0 Å². The van der Waals surface area contributed by atoms with Crippen LogP contribution < -0.4 is 5.19 Å². The van der Waals surface area contributed by atoms with Crippen molar-refractivity contribution < 1.29 is 25.9 Å². The predicted molar refractivity (Wildman–Crippen MR) is 243 cm³/mol. The molecule has 5 nitrogen and oxygen atoms in total. The fourth-order valence-electron chi connectivity index (χ4n) is 7.99. The van der Waals surface area contributed by atoms with Crippen molar-refractivity contribution >= 4 is 77.9 Å². The molecule has 5 heterocycles. The van der Waals surface area contributed by atoms with Crippen molar-refractivity contribution in [1.29, 1.82) is 0 Å². The molecular formula is C50H44IrN4OSSi-2. The second kappa shape index (κ2) is 15.5. The average Bonchev–Trinajstić information content (AvgIpc) is 3.89. The number of aryl methyl sites for hydroxylation is 3. The maximum Gasteiger partial charge on any atom is 0.140 e. The van der Waals surface area contributed by atoms with Crippen molar-refractivity contribution in [3.8, 4) is 28.3 Å². The van der Waals surface area contributed by atoms with Crippen LogP contribution in [0.15, 0.2) is 120 Å². The van der Waals surface area contributed by atoms with Crippen molar-refractivity contribution in [3.05, 3.63) is 150 Å². The van der Waals surface area contributed by atoms with E-state index in [1.54, 1.807) is 11.3 Å². The van der Waals surface area contributed by atoms with E-state index in [2.05, 4.69) is 116 Å². The molecule has 5 aromatic heterocycles. The number of benzene rings is 5. The van der Waals surface area contributed by atoms with Crippen LogP contribution in [0.5, 0.6) is 0 Å². The molecule has 10 rings (SSSR count). The molecule has 0 bridgehead atoms. The Morgan fingerprint density at radius 1 is 0.793 bits per heavy atom. The zero-order valence-electron chi connectivity index (χ0n) is 34.9. The molecule has 5 aromatic carbocycles. The Hall–Kier alpha value is -5.24. The van der Waals surface area contributed by atoms with E-state index in [1.165, 1.54) is 21.5 Å². The van der Waals surface area contributed by atoms with Crippen LogP contribution in [-0.4, -0.2) is 27.6 Å². The predicted octanol–water partition coefficient (Wildman–Crippen LogP) is 13.3. The Morgan fingerprint density at radius 2 is 1.57 bits per heavy atom. The Bertz CT molecular complexity index is 3190. The van der Waals surface area contributed by atoms with E-state index in [4.69, 9.17) is 15.8 Å². The molecule has 1 radical (unpaired) electrons. The normalized spacial score (nSPS) is 12.2. The van der Waals surface area contributed by atoms with E-state index < -0.39 is 14.0 Å². The number of hydrogen-bond donors (Lipinski definition) is 0. The van der Waals surface area contributed by atoms with Crippen molar-refractivity contribution in [1.82, 2.24) is 19.5 Å². The van der Waals surface area contributed by atoms with E-state index in [1.807, 2.05) is 75.5 Å². The van der Waals surface area contributed by atoms with Gasteiger partial charge in [-0.05, 0) is 83.5 Å². The number of imidazole rings is 1. The number of thiophene rings is 1. The van der Waals surface area contributed by atoms with E-state index in [0.29, 0.717) is 0 Å². The summed E-state index contributed by atoms with van der Waals surface area (Å²) in [4.78, 5) is 15.7. The third-order valence-electron chi connectivity index (χ3n) is 10.7. The Kier molecular flexibility index (Phi) is 10.2. The molecule has 0 aliphatic carbocycles. The van der Waals surface area contributed by atoms with Gasteiger partial charge in [0.15, 0.2) is 0 Å². The molecule has 291 valence electrons. The van der Waals surface area contributed by atoms with Gasteiger partial charge in [-0.15, -0.1) is 54.1 Å². The Labute approximate surface area is 359 Å². The molecule has 0 fully saturated rings. The molecule has 8 heteroatoms. The summed E-state index contributed by atoms with van der Waals surface area (Å²) in [5.41, 5.74) is 12.2. The van der Waals surface area contributed by atoms with Crippen LogP contribution in [0.3, 0.4) is 0 Å². The van der Waals surface area contributed by atoms with Crippen LogP contribution in [0.4, 0.5) is 0 Å². The summed E-state index contributed by atoms with van der Waals surface area (Å²) in [6.45, 7) is 17.2. The topological polar surface area (TPSA) is 56.7 Å². The van der Waals surface area contributed by atoms with Crippen LogP contribution in [-0.2, 0) is 20.1 Å². The van der Waals surface area contributed by atoms with Crippen molar-refractivity contribution in [2.24, 2.45) is 0 Å². The van der Waals surface area contributed by atoms with Gasteiger partial charge in [-0.1, -0.05) is 92.5 Å². The van der Waals surface area contributed by atoms with E-state index >= 15 is 0 Å². The fourth-order valence-corrected chi connectivity index (χ4v) is 10.8. The standard InChI is InChI=1S/C33H22N3OS.C17H22NSi.Ir/c1-18-17-25-21-9-4-7-14-28(21)37-30(25)20(3)29(18)36-27-13-6-5-12-26(27)35-32(36)24-11-8-10-22-23-16-15-19(2)34-33(23)38-31(22)24;1-13(2)15-11-16(14-9-7-6-8-10-14)18-12-17(15)19(3,4)5;/h4-10,12-17H,1-3H3;6-9,11-13H,1-5H3;/q2*-1;/i;13D;. The molecule has 0 saturated carbocycles. The number of rotatable bonds is 5. The average molecular weight is 970 g/mol. The minimum absolute atomic E-state index is 0. The number of pyridine rings is 2. The van der Waals surface area contributed by atoms with Crippen LogP contribution in [0.25, 0.3) is 81.6 Å². The molecule has 0 spiro atoms. The number of hydrogen-bond acceptors (Lipinski definition) is 5. The largest absolute Gasteiger partial charge is 0.456 e. The second-order valence-electron chi connectivity index (χ2n) is 16.0. The van der Waals surface area contributed by atoms with Crippen LogP contribution in [0, 0.1) is 32.9 Å². The fraction of sp³-hybridized carbons (Fsp3) is 0.180. The molecule has 0 amide bonds. The first-order valence-corrected chi connectivity index (χ1v) is 23.7. The molecule has 0 N–H and O–H groups in total. The van der Waals surface area contributed by atoms with Gasteiger partial charge >= 0.3 is 0 Å². The summed E-state index contributed by atoms with van der Waals surface area (Å²) >= 11 is 1.71. The number of para-hydroxylation sites is 3. The molecule has 0 saturated heterocycles. The van der Waals surface area contributed by atoms with E-state index in [9.17, 15) is 0 Å². The number of nitrogens with zero attached hydrogens (tertiary/aromatic N) is 4. The Morgan fingerprint density at radius 3 is 2.34 bits per heavy atom. The number of furan rings is 1. The summed E-state index contributed by atoms with van der Waals surface area (Å²) < 4.78 is 18.3. The van der Waals surface area contributed by atoms with Gasteiger partial charge < -0.3 is 14.0 Å². The number of fused-ring (bicyclic) bond motifs is 7. The second-order valence-corrected chi connectivity index (χ2v) is 22.1. The summed E-state index contributed by atoms with van der Waals surface area (Å²) in [7, 11) is -1.50. The third-order valence-corrected chi connectivity index (χ3v) is 13.9. The SMILES string of the molecule is Cc1ccc2c(n1)sc1c(-c3nc4ccccc4n3-c3c(C)cc4c(oc5ccccc54)c3C)[c-]ccc12.[2H]C(C)(C)c1cc(-c2[c-]cccc2)ncc1[Si](C)(C)C.[Ir]. The van der Waals surface area contributed by atoms with Gasteiger partial charge in [0.1, 0.15) is 16.0 Å². The first kappa shape index (κ1) is 38.3. The molecule has 0 aliphatic rings.